The lowest BCUT2D eigenvalue weighted by atomic mass is 10.0. The maximum Gasteiger partial charge on any atom is 0.490 e. The predicted octanol–water partition coefficient (Wildman–Crippen LogP) is 4.03. The van der Waals surface area contributed by atoms with Gasteiger partial charge in [0, 0.05) is 17.3 Å². The minimum absolute atomic E-state index is 0.0149. The van der Waals surface area contributed by atoms with Crippen LogP contribution >= 0.6 is 0 Å². The van der Waals surface area contributed by atoms with Crippen LogP contribution in [0.1, 0.15) is 30.9 Å². The number of phenolic OH excluding ortho intramolecular Hbond substituents is 1. The summed E-state index contributed by atoms with van der Waals surface area (Å²) < 4.78 is 31.7. The summed E-state index contributed by atoms with van der Waals surface area (Å²) in [5, 5.41) is 16.5. The van der Waals surface area contributed by atoms with Crippen molar-refractivity contribution in [2.75, 3.05) is 0 Å². The van der Waals surface area contributed by atoms with E-state index in [0.717, 1.165) is 28.3 Å². The normalized spacial score (nSPS) is 12.0. The lowest BCUT2D eigenvalue weighted by Gasteiger charge is -2.28. The molecular weight excluding hydrogens is 477 g/mol. The fourth-order valence-electron chi connectivity index (χ4n) is 3.34. The summed E-state index contributed by atoms with van der Waals surface area (Å²) in [6.07, 6.45) is -4.67. The first-order valence-electron chi connectivity index (χ1n) is 11.0. The monoisotopic (exact) mass is 506 g/mol. The zero-order valence-electron chi connectivity index (χ0n) is 20.1. The Morgan fingerprint density at radius 2 is 1.64 bits per heavy atom. The van der Waals surface area contributed by atoms with E-state index in [1.165, 1.54) is 0 Å². The summed E-state index contributed by atoms with van der Waals surface area (Å²) in [6.45, 7) is 6.29. The molecule has 1 amide bonds. The van der Waals surface area contributed by atoms with E-state index in [2.05, 4.69) is 4.98 Å². The smallest absolute Gasteiger partial charge is 0.490 e. The van der Waals surface area contributed by atoms with Crippen LogP contribution in [-0.4, -0.2) is 55.2 Å². The molecule has 0 aliphatic rings. The van der Waals surface area contributed by atoms with Gasteiger partial charge in [0.15, 0.2) is 0 Å². The number of carbonyl (C=O) groups excluding carboxylic acids is 1. The fraction of sp³-hybridized carbons (Fsp3) is 0.320. The number of nitrogens with two attached hydrogens (primary N) is 1. The van der Waals surface area contributed by atoms with Crippen molar-refractivity contribution in [2.45, 2.75) is 52.0 Å². The highest BCUT2D eigenvalue weighted by Crippen LogP contribution is 2.22. The van der Waals surface area contributed by atoms with Crippen molar-refractivity contribution < 1.29 is 33.0 Å². The molecule has 0 bridgehead atoms. The number of H-pyrrole nitrogens is 1. The number of aromatic amines is 1. The van der Waals surface area contributed by atoms with Crippen LogP contribution in [0.5, 0.6) is 5.75 Å². The lowest BCUT2D eigenvalue weighted by molar-refractivity contribution is -0.192. The minimum atomic E-state index is -5.08. The molecule has 8 nitrogen and oxygen atoms in total. The van der Waals surface area contributed by atoms with E-state index in [-0.39, 0.29) is 17.7 Å². The standard InChI is InChI=1S/C23H28N4O2.C2HF3O2/c1-15(2)27(23(29)20(24)13-17-9-11-19(28)12-10-17)14-21-25-16(3)22(26-21)18-7-5-4-6-8-18;3-2(4,5)1(6)7/h4-12,15,20,28H,13-14,24H2,1-3H3,(H,25,26);(H,6,7). The van der Waals surface area contributed by atoms with Crippen LogP contribution in [-0.2, 0) is 22.6 Å². The zero-order chi connectivity index (χ0) is 27.0. The number of alkyl halides is 3. The summed E-state index contributed by atoms with van der Waals surface area (Å²) in [5.41, 5.74) is 10.0. The van der Waals surface area contributed by atoms with E-state index in [9.17, 15) is 23.1 Å². The van der Waals surface area contributed by atoms with Crippen LogP contribution < -0.4 is 5.73 Å². The number of aryl methyl sites for hydroxylation is 1. The molecule has 2 aromatic carbocycles. The highest BCUT2D eigenvalue weighted by molar-refractivity contribution is 5.82. The molecule has 11 heteroatoms. The molecule has 0 aliphatic heterocycles. The Morgan fingerprint density at radius 3 is 2.14 bits per heavy atom. The van der Waals surface area contributed by atoms with Crippen LogP contribution in [0, 0.1) is 6.92 Å². The average molecular weight is 507 g/mol. The lowest BCUT2D eigenvalue weighted by Crippen LogP contribution is -2.47. The highest BCUT2D eigenvalue weighted by atomic mass is 19.4. The zero-order valence-corrected chi connectivity index (χ0v) is 20.1. The molecular formula is C25H29F3N4O4. The molecule has 1 heterocycles. The molecule has 0 fully saturated rings. The number of aromatic nitrogens is 2. The number of halogens is 3. The van der Waals surface area contributed by atoms with E-state index in [4.69, 9.17) is 20.6 Å². The molecule has 0 saturated heterocycles. The van der Waals surface area contributed by atoms with Gasteiger partial charge in [-0.3, -0.25) is 4.79 Å². The molecule has 1 aromatic heterocycles. The summed E-state index contributed by atoms with van der Waals surface area (Å²) in [7, 11) is 0. The third-order valence-corrected chi connectivity index (χ3v) is 5.16. The number of aliphatic carboxylic acids is 1. The van der Waals surface area contributed by atoms with Crippen LogP contribution in [0.3, 0.4) is 0 Å². The predicted molar refractivity (Wildman–Crippen MR) is 128 cm³/mol. The minimum Gasteiger partial charge on any atom is -0.508 e. The number of hydrogen-bond acceptors (Lipinski definition) is 5. The van der Waals surface area contributed by atoms with E-state index < -0.39 is 18.2 Å². The molecule has 1 atom stereocenters. The number of phenols is 1. The number of carbonyl (C=O) groups is 2. The number of aromatic hydroxyl groups is 1. The van der Waals surface area contributed by atoms with Crippen LogP contribution in [0.25, 0.3) is 11.3 Å². The van der Waals surface area contributed by atoms with Crippen molar-refractivity contribution in [3.8, 4) is 17.0 Å². The number of hydrogen-bond donors (Lipinski definition) is 4. The number of rotatable bonds is 7. The van der Waals surface area contributed by atoms with Crippen LogP contribution in [0.4, 0.5) is 13.2 Å². The Kier molecular flexibility index (Phi) is 9.62. The van der Waals surface area contributed by atoms with Gasteiger partial charge in [-0.05, 0) is 44.9 Å². The molecule has 5 N–H and O–H groups in total. The number of imidazole rings is 1. The molecule has 0 saturated carbocycles. The first-order valence-corrected chi connectivity index (χ1v) is 11.0. The Labute approximate surface area is 206 Å². The quantitative estimate of drug-likeness (QED) is 0.383. The van der Waals surface area contributed by atoms with E-state index in [1.54, 1.807) is 29.2 Å². The maximum absolute atomic E-state index is 13.0. The summed E-state index contributed by atoms with van der Waals surface area (Å²) >= 11 is 0. The highest BCUT2D eigenvalue weighted by Gasteiger charge is 2.38. The second-order valence-corrected chi connectivity index (χ2v) is 8.36. The Bertz CT molecular complexity index is 1150. The molecule has 0 aliphatic carbocycles. The maximum atomic E-state index is 13.0. The number of amides is 1. The van der Waals surface area contributed by atoms with Crippen molar-refractivity contribution in [2.24, 2.45) is 5.73 Å². The largest absolute Gasteiger partial charge is 0.508 e. The number of carboxylic acids is 1. The third-order valence-electron chi connectivity index (χ3n) is 5.16. The van der Waals surface area contributed by atoms with Gasteiger partial charge in [0.05, 0.1) is 18.3 Å². The van der Waals surface area contributed by atoms with Crippen molar-refractivity contribution in [1.29, 1.82) is 0 Å². The summed E-state index contributed by atoms with van der Waals surface area (Å²) in [5.74, 6) is -1.95. The van der Waals surface area contributed by atoms with Crippen molar-refractivity contribution >= 4 is 11.9 Å². The van der Waals surface area contributed by atoms with Gasteiger partial charge >= 0.3 is 12.1 Å². The van der Waals surface area contributed by atoms with Gasteiger partial charge in [0.25, 0.3) is 0 Å². The fourth-order valence-corrected chi connectivity index (χ4v) is 3.34. The van der Waals surface area contributed by atoms with Crippen molar-refractivity contribution in [3.05, 3.63) is 71.7 Å². The Hall–Kier alpha value is -3.86. The Balaban J connectivity index is 0.000000572. The molecule has 3 aromatic rings. The molecule has 0 spiro atoms. The van der Waals surface area contributed by atoms with Gasteiger partial charge in [0.1, 0.15) is 11.6 Å². The topological polar surface area (TPSA) is 133 Å². The van der Waals surface area contributed by atoms with Gasteiger partial charge in [0.2, 0.25) is 5.91 Å². The molecule has 3 rings (SSSR count). The van der Waals surface area contributed by atoms with Crippen molar-refractivity contribution in [1.82, 2.24) is 14.9 Å². The van der Waals surface area contributed by atoms with E-state index >= 15 is 0 Å². The van der Waals surface area contributed by atoms with Gasteiger partial charge in [-0.25, -0.2) is 9.78 Å². The molecule has 1 unspecified atom stereocenters. The first kappa shape index (κ1) is 28.4. The van der Waals surface area contributed by atoms with Crippen molar-refractivity contribution in [3.63, 3.8) is 0 Å². The third kappa shape index (κ3) is 8.12. The van der Waals surface area contributed by atoms with Crippen LogP contribution in [0.15, 0.2) is 54.6 Å². The van der Waals surface area contributed by atoms with E-state index in [1.807, 2.05) is 51.1 Å². The van der Waals surface area contributed by atoms with Gasteiger partial charge in [-0.1, -0.05) is 42.5 Å². The van der Waals surface area contributed by atoms with Gasteiger partial charge < -0.3 is 25.8 Å². The second-order valence-electron chi connectivity index (χ2n) is 8.36. The number of nitrogens with one attached hydrogen (secondary N) is 1. The summed E-state index contributed by atoms with van der Waals surface area (Å²) in [4.78, 5) is 31.7. The number of carboxylic acid groups (broad SMARTS) is 1. The summed E-state index contributed by atoms with van der Waals surface area (Å²) in [6, 6.07) is 16.1. The second kappa shape index (κ2) is 12.2. The first-order chi connectivity index (χ1) is 16.8. The number of nitrogens with zero attached hydrogens (tertiary/aromatic N) is 2. The Morgan fingerprint density at radius 1 is 1.08 bits per heavy atom. The average Bonchev–Trinajstić information content (AvgIpc) is 3.18. The van der Waals surface area contributed by atoms with Gasteiger partial charge in [-0.2, -0.15) is 13.2 Å². The molecule has 194 valence electrons. The van der Waals surface area contributed by atoms with Gasteiger partial charge in [-0.15, -0.1) is 0 Å². The van der Waals surface area contributed by atoms with E-state index in [0.29, 0.717) is 13.0 Å². The van der Waals surface area contributed by atoms with Crippen LogP contribution in [0.2, 0.25) is 0 Å². The number of benzene rings is 2. The SMILES string of the molecule is Cc1[nH]c(CN(C(=O)C(N)Cc2ccc(O)cc2)C(C)C)nc1-c1ccccc1.O=C(O)C(F)(F)F. The molecule has 0 radical (unpaired) electrons. The molecule has 36 heavy (non-hydrogen) atoms.